The predicted molar refractivity (Wildman–Crippen MR) is 124 cm³/mol. The van der Waals surface area contributed by atoms with Crippen LogP contribution in [0.2, 0.25) is 0 Å². The number of aryl methyl sites for hydroxylation is 1. The summed E-state index contributed by atoms with van der Waals surface area (Å²) in [5.74, 6) is 0.311. The number of aromatic nitrogens is 3. The number of hydrogen-bond donors (Lipinski definition) is 2. The van der Waals surface area contributed by atoms with Gasteiger partial charge in [0.15, 0.2) is 10.6 Å². The second-order valence-corrected chi connectivity index (χ2v) is 7.42. The fourth-order valence-corrected chi connectivity index (χ4v) is 3.37. The van der Waals surface area contributed by atoms with Crippen molar-refractivity contribution in [1.29, 1.82) is 0 Å². The van der Waals surface area contributed by atoms with E-state index in [1.807, 2.05) is 91.9 Å². The summed E-state index contributed by atoms with van der Waals surface area (Å²) >= 11 is 5.33. The smallest absolute Gasteiger partial charge is 0.260 e. The fraction of sp³-hybridized carbons (Fsp3) is 0.0833. The van der Waals surface area contributed by atoms with Gasteiger partial charge in [-0.1, -0.05) is 90.5 Å². The highest BCUT2D eigenvalue weighted by Gasteiger charge is 2.13. The highest BCUT2D eigenvalue weighted by atomic mass is 32.1. The van der Waals surface area contributed by atoms with Crippen LogP contribution in [-0.2, 0) is 11.3 Å². The van der Waals surface area contributed by atoms with Crippen molar-refractivity contribution >= 4 is 23.8 Å². The number of amides is 1. The summed E-state index contributed by atoms with van der Waals surface area (Å²) in [5.41, 5.74) is 7.20. The van der Waals surface area contributed by atoms with Crippen molar-refractivity contribution in [3.05, 3.63) is 106 Å². The summed E-state index contributed by atoms with van der Waals surface area (Å²) in [7, 11) is 0. The Hall–Kier alpha value is -3.84. The van der Waals surface area contributed by atoms with Crippen molar-refractivity contribution in [2.24, 2.45) is 5.10 Å². The van der Waals surface area contributed by atoms with E-state index in [0.29, 0.717) is 16.3 Å². The van der Waals surface area contributed by atoms with E-state index in [0.717, 1.165) is 22.3 Å². The minimum absolute atomic E-state index is 0.00109. The van der Waals surface area contributed by atoms with Crippen LogP contribution in [0.4, 0.5) is 0 Å². The molecule has 0 radical (unpaired) electrons. The Bertz CT molecular complexity index is 1220. The minimum atomic E-state index is -0.296. The molecular formula is C24H21N5OS. The SMILES string of the molecule is Cc1ccc(-c2n[nH]c(=S)n2CC(=O)NN=C(c2ccccc2)c2ccccc2)cc1. The quantitative estimate of drug-likeness (QED) is 0.271. The Morgan fingerprint density at radius 1 is 0.968 bits per heavy atom. The van der Waals surface area contributed by atoms with Gasteiger partial charge in [0.2, 0.25) is 0 Å². The summed E-state index contributed by atoms with van der Waals surface area (Å²) < 4.78 is 2.04. The molecule has 0 aliphatic carbocycles. The predicted octanol–water partition coefficient (Wildman–Crippen LogP) is 4.48. The summed E-state index contributed by atoms with van der Waals surface area (Å²) in [6, 6.07) is 27.4. The molecule has 0 spiro atoms. The van der Waals surface area contributed by atoms with Crippen molar-refractivity contribution < 1.29 is 4.79 Å². The number of carbonyl (C=O) groups excluding carboxylic acids is 1. The molecule has 0 atom stereocenters. The monoisotopic (exact) mass is 427 g/mol. The van der Waals surface area contributed by atoms with Crippen LogP contribution < -0.4 is 5.43 Å². The first-order valence-electron chi connectivity index (χ1n) is 9.81. The maximum absolute atomic E-state index is 12.7. The molecule has 7 heteroatoms. The molecule has 1 heterocycles. The van der Waals surface area contributed by atoms with E-state index in [1.165, 1.54) is 0 Å². The second-order valence-electron chi connectivity index (χ2n) is 7.03. The summed E-state index contributed by atoms with van der Waals surface area (Å²) in [5, 5.41) is 11.5. The average molecular weight is 428 g/mol. The first-order valence-corrected chi connectivity index (χ1v) is 10.2. The molecule has 0 saturated carbocycles. The van der Waals surface area contributed by atoms with E-state index in [9.17, 15) is 4.79 Å². The molecule has 0 aliphatic heterocycles. The highest BCUT2D eigenvalue weighted by Crippen LogP contribution is 2.18. The van der Waals surface area contributed by atoms with Crippen LogP contribution in [0.25, 0.3) is 11.4 Å². The Labute approximate surface area is 185 Å². The van der Waals surface area contributed by atoms with Gasteiger partial charge in [-0.3, -0.25) is 14.5 Å². The van der Waals surface area contributed by atoms with E-state index < -0.39 is 0 Å². The van der Waals surface area contributed by atoms with Crippen molar-refractivity contribution in [2.75, 3.05) is 0 Å². The molecule has 2 N–H and O–H groups in total. The fourth-order valence-electron chi connectivity index (χ4n) is 3.17. The van der Waals surface area contributed by atoms with Crippen molar-refractivity contribution in [3.63, 3.8) is 0 Å². The van der Waals surface area contributed by atoms with Crippen molar-refractivity contribution in [3.8, 4) is 11.4 Å². The minimum Gasteiger partial charge on any atom is -0.291 e. The first-order chi connectivity index (χ1) is 15.1. The van der Waals surface area contributed by atoms with Gasteiger partial charge in [-0.2, -0.15) is 10.2 Å². The van der Waals surface area contributed by atoms with E-state index in [-0.39, 0.29) is 12.5 Å². The van der Waals surface area contributed by atoms with Gasteiger partial charge >= 0.3 is 0 Å². The maximum atomic E-state index is 12.7. The lowest BCUT2D eigenvalue weighted by molar-refractivity contribution is -0.121. The Morgan fingerprint density at radius 3 is 2.13 bits per heavy atom. The summed E-state index contributed by atoms with van der Waals surface area (Å²) in [6.07, 6.45) is 0. The Kier molecular flexibility index (Phi) is 6.14. The van der Waals surface area contributed by atoms with Gasteiger partial charge in [-0.15, -0.1) is 0 Å². The maximum Gasteiger partial charge on any atom is 0.260 e. The zero-order chi connectivity index (χ0) is 21.6. The lowest BCUT2D eigenvalue weighted by Crippen LogP contribution is -2.25. The molecule has 0 unspecified atom stereocenters. The summed E-state index contributed by atoms with van der Waals surface area (Å²) in [6.45, 7) is 2.02. The van der Waals surface area contributed by atoms with Gasteiger partial charge in [0.05, 0.1) is 5.71 Å². The molecule has 0 saturated heterocycles. The number of nitrogens with zero attached hydrogens (tertiary/aromatic N) is 3. The average Bonchev–Trinajstić information content (AvgIpc) is 3.16. The number of hydrazone groups is 1. The molecule has 6 nitrogen and oxygen atoms in total. The molecule has 3 aromatic carbocycles. The number of nitrogens with one attached hydrogen (secondary N) is 2. The van der Waals surface area contributed by atoms with Crippen LogP contribution in [0.15, 0.2) is 90.0 Å². The molecule has 1 aromatic heterocycles. The third-order valence-electron chi connectivity index (χ3n) is 4.76. The molecule has 0 fully saturated rings. The van der Waals surface area contributed by atoms with E-state index in [4.69, 9.17) is 12.2 Å². The highest BCUT2D eigenvalue weighted by molar-refractivity contribution is 7.71. The van der Waals surface area contributed by atoms with Crippen LogP contribution in [0.1, 0.15) is 16.7 Å². The van der Waals surface area contributed by atoms with Crippen LogP contribution in [-0.4, -0.2) is 26.4 Å². The normalized spacial score (nSPS) is 10.5. The molecule has 1 amide bonds. The van der Waals surface area contributed by atoms with Crippen molar-refractivity contribution in [2.45, 2.75) is 13.5 Å². The molecular weight excluding hydrogens is 406 g/mol. The van der Waals surface area contributed by atoms with E-state index in [2.05, 4.69) is 20.7 Å². The zero-order valence-electron chi connectivity index (χ0n) is 16.9. The second kappa shape index (κ2) is 9.32. The molecule has 31 heavy (non-hydrogen) atoms. The third-order valence-corrected chi connectivity index (χ3v) is 5.07. The van der Waals surface area contributed by atoms with Crippen LogP contribution in [0.5, 0.6) is 0 Å². The van der Waals surface area contributed by atoms with E-state index >= 15 is 0 Å². The van der Waals surface area contributed by atoms with Gasteiger partial charge in [0.1, 0.15) is 6.54 Å². The standard InChI is InChI=1S/C24H21N5OS/c1-17-12-14-20(15-13-17)23-27-28-24(31)29(23)16-21(30)25-26-22(18-8-4-2-5-9-18)19-10-6-3-7-11-19/h2-15H,16H2,1H3,(H,25,30)(H,28,31). The first kappa shape index (κ1) is 20.4. The Morgan fingerprint density at radius 2 is 1.55 bits per heavy atom. The van der Waals surface area contributed by atoms with Gasteiger partial charge in [-0.25, -0.2) is 5.43 Å². The number of hydrogen-bond acceptors (Lipinski definition) is 4. The van der Waals surface area contributed by atoms with Gasteiger partial charge in [-0.05, 0) is 19.1 Å². The largest absolute Gasteiger partial charge is 0.291 e. The van der Waals surface area contributed by atoms with Gasteiger partial charge in [0, 0.05) is 16.7 Å². The van der Waals surface area contributed by atoms with E-state index in [1.54, 1.807) is 4.57 Å². The topological polar surface area (TPSA) is 75.1 Å². The van der Waals surface area contributed by atoms with Crippen LogP contribution >= 0.6 is 12.2 Å². The number of carbonyl (C=O) groups is 1. The molecule has 0 aliphatic rings. The number of aromatic amines is 1. The van der Waals surface area contributed by atoms with Gasteiger partial charge < -0.3 is 0 Å². The number of benzene rings is 3. The summed E-state index contributed by atoms with van der Waals surface area (Å²) in [4.78, 5) is 12.7. The van der Waals surface area contributed by atoms with Gasteiger partial charge in [0.25, 0.3) is 5.91 Å². The zero-order valence-corrected chi connectivity index (χ0v) is 17.8. The lowest BCUT2D eigenvalue weighted by atomic mass is 10.0. The van der Waals surface area contributed by atoms with Crippen LogP contribution in [0, 0.1) is 11.7 Å². The number of H-pyrrole nitrogens is 1. The Balaban J connectivity index is 1.58. The molecule has 154 valence electrons. The lowest BCUT2D eigenvalue weighted by Gasteiger charge is -2.09. The molecule has 4 rings (SSSR count). The van der Waals surface area contributed by atoms with Crippen LogP contribution in [0.3, 0.4) is 0 Å². The third kappa shape index (κ3) is 4.84. The van der Waals surface area contributed by atoms with Crippen molar-refractivity contribution in [1.82, 2.24) is 20.2 Å². The molecule has 4 aromatic rings. The molecule has 0 bridgehead atoms. The number of rotatable bonds is 6.